The summed E-state index contributed by atoms with van der Waals surface area (Å²) in [5, 5.41) is 8.94. The summed E-state index contributed by atoms with van der Waals surface area (Å²) in [7, 11) is 1.44. The standard InChI is InChI=1S/C13H14FNO2/c1-17-13-3-2-10(6-12(13)14)7-15-5-4-11(8-15)9-16/h2-6,8,16H,7,9H2,1H3. The number of rotatable bonds is 4. The monoisotopic (exact) mass is 235 g/mol. The first kappa shape index (κ1) is 11.7. The molecule has 0 amide bonds. The van der Waals surface area contributed by atoms with E-state index in [1.165, 1.54) is 13.2 Å². The highest BCUT2D eigenvalue weighted by molar-refractivity contribution is 5.29. The lowest BCUT2D eigenvalue weighted by molar-refractivity contribution is 0.282. The molecular formula is C13H14FNO2. The molecule has 90 valence electrons. The Hall–Kier alpha value is -1.81. The molecule has 0 aliphatic heterocycles. The zero-order valence-electron chi connectivity index (χ0n) is 9.56. The number of halogens is 1. The minimum absolute atomic E-state index is 0.0178. The highest BCUT2D eigenvalue weighted by Gasteiger charge is 2.04. The summed E-state index contributed by atoms with van der Waals surface area (Å²) in [6.45, 7) is 0.588. The molecule has 0 saturated carbocycles. The highest BCUT2D eigenvalue weighted by atomic mass is 19.1. The van der Waals surface area contributed by atoms with Gasteiger partial charge in [0.15, 0.2) is 11.6 Å². The number of benzene rings is 1. The Balaban J connectivity index is 2.15. The third kappa shape index (κ3) is 2.65. The van der Waals surface area contributed by atoms with Gasteiger partial charge >= 0.3 is 0 Å². The van der Waals surface area contributed by atoms with E-state index < -0.39 is 0 Å². The second kappa shape index (κ2) is 5.01. The van der Waals surface area contributed by atoms with Crippen LogP contribution in [0.2, 0.25) is 0 Å². The molecule has 0 bridgehead atoms. The van der Waals surface area contributed by atoms with Crippen molar-refractivity contribution >= 4 is 0 Å². The molecule has 0 saturated heterocycles. The largest absolute Gasteiger partial charge is 0.494 e. The summed E-state index contributed by atoms with van der Waals surface area (Å²) >= 11 is 0. The Morgan fingerprint density at radius 3 is 2.71 bits per heavy atom. The van der Waals surface area contributed by atoms with Crippen molar-refractivity contribution in [2.24, 2.45) is 0 Å². The Morgan fingerprint density at radius 1 is 1.29 bits per heavy atom. The van der Waals surface area contributed by atoms with Crippen LogP contribution in [0.4, 0.5) is 4.39 Å². The number of aliphatic hydroxyl groups is 1. The van der Waals surface area contributed by atoms with E-state index in [-0.39, 0.29) is 18.2 Å². The fourth-order valence-corrected chi connectivity index (χ4v) is 1.70. The van der Waals surface area contributed by atoms with Crippen LogP contribution in [0.5, 0.6) is 5.75 Å². The second-order valence-electron chi connectivity index (χ2n) is 3.82. The molecule has 0 fully saturated rings. The van der Waals surface area contributed by atoms with Gasteiger partial charge in [-0.15, -0.1) is 0 Å². The van der Waals surface area contributed by atoms with E-state index in [0.717, 1.165) is 11.1 Å². The molecule has 1 heterocycles. The van der Waals surface area contributed by atoms with E-state index in [4.69, 9.17) is 9.84 Å². The Labute approximate surface area is 99.1 Å². The van der Waals surface area contributed by atoms with Crippen LogP contribution in [0.3, 0.4) is 0 Å². The molecule has 4 heteroatoms. The smallest absolute Gasteiger partial charge is 0.165 e. The molecule has 2 rings (SSSR count). The van der Waals surface area contributed by atoms with Crippen molar-refractivity contribution in [2.45, 2.75) is 13.2 Å². The molecule has 2 aromatic rings. The lowest BCUT2D eigenvalue weighted by Gasteiger charge is -2.06. The summed E-state index contributed by atoms with van der Waals surface area (Å²) in [4.78, 5) is 0. The molecule has 1 N–H and O–H groups in total. The van der Waals surface area contributed by atoms with Gasteiger partial charge in [-0.25, -0.2) is 4.39 Å². The number of nitrogens with zero attached hydrogens (tertiary/aromatic N) is 1. The van der Waals surface area contributed by atoms with Gasteiger partial charge in [0.25, 0.3) is 0 Å². The van der Waals surface area contributed by atoms with Crippen LogP contribution in [0.15, 0.2) is 36.7 Å². The first-order valence-electron chi connectivity index (χ1n) is 5.31. The summed E-state index contributed by atoms with van der Waals surface area (Å²) in [5.74, 6) is -0.114. The predicted molar refractivity (Wildman–Crippen MR) is 62.4 cm³/mol. The molecule has 0 unspecified atom stereocenters. The van der Waals surface area contributed by atoms with Crippen LogP contribution in [0.25, 0.3) is 0 Å². The average Bonchev–Trinajstić information content (AvgIpc) is 2.77. The van der Waals surface area contributed by atoms with Gasteiger partial charge in [0.05, 0.1) is 13.7 Å². The maximum Gasteiger partial charge on any atom is 0.165 e. The molecular weight excluding hydrogens is 221 g/mol. The second-order valence-corrected chi connectivity index (χ2v) is 3.82. The molecule has 0 aliphatic carbocycles. The highest BCUT2D eigenvalue weighted by Crippen LogP contribution is 2.18. The van der Waals surface area contributed by atoms with Crippen molar-refractivity contribution in [3.05, 3.63) is 53.6 Å². The van der Waals surface area contributed by atoms with Crippen molar-refractivity contribution in [1.29, 1.82) is 0 Å². The SMILES string of the molecule is COc1ccc(Cn2ccc(CO)c2)cc1F. The van der Waals surface area contributed by atoms with Crippen LogP contribution in [-0.4, -0.2) is 16.8 Å². The van der Waals surface area contributed by atoms with E-state index in [0.29, 0.717) is 6.54 Å². The topological polar surface area (TPSA) is 34.4 Å². The number of hydrogen-bond acceptors (Lipinski definition) is 2. The van der Waals surface area contributed by atoms with Crippen molar-refractivity contribution in [3.8, 4) is 5.75 Å². The first-order valence-corrected chi connectivity index (χ1v) is 5.31. The fraction of sp³-hybridized carbons (Fsp3) is 0.231. The third-order valence-electron chi connectivity index (χ3n) is 2.58. The molecule has 1 aromatic heterocycles. The van der Waals surface area contributed by atoms with E-state index in [1.54, 1.807) is 6.07 Å². The molecule has 0 radical (unpaired) electrons. The van der Waals surface area contributed by atoms with E-state index in [1.807, 2.05) is 29.1 Å². The van der Waals surface area contributed by atoms with Crippen LogP contribution < -0.4 is 4.74 Å². The minimum Gasteiger partial charge on any atom is -0.494 e. The van der Waals surface area contributed by atoms with Crippen LogP contribution in [0, 0.1) is 5.82 Å². The maximum atomic E-state index is 13.5. The average molecular weight is 235 g/mol. The maximum absolute atomic E-state index is 13.5. The van der Waals surface area contributed by atoms with E-state index in [9.17, 15) is 4.39 Å². The van der Waals surface area contributed by atoms with Gasteiger partial charge in [0.1, 0.15) is 0 Å². The Morgan fingerprint density at radius 2 is 2.12 bits per heavy atom. The summed E-state index contributed by atoms with van der Waals surface area (Å²) in [6.07, 6.45) is 3.69. The van der Waals surface area contributed by atoms with Crippen molar-refractivity contribution in [2.75, 3.05) is 7.11 Å². The summed E-state index contributed by atoms with van der Waals surface area (Å²) < 4.78 is 20.2. The van der Waals surface area contributed by atoms with E-state index >= 15 is 0 Å². The van der Waals surface area contributed by atoms with Crippen LogP contribution in [0.1, 0.15) is 11.1 Å². The van der Waals surface area contributed by atoms with Crippen molar-refractivity contribution in [1.82, 2.24) is 4.57 Å². The molecule has 17 heavy (non-hydrogen) atoms. The minimum atomic E-state index is -0.362. The zero-order valence-corrected chi connectivity index (χ0v) is 9.56. The number of aliphatic hydroxyl groups excluding tert-OH is 1. The van der Waals surface area contributed by atoms with Crippen molar-refractivity contribution in [3.63, 3.8) is 0 Å². The van der Waals surface area contributed by atoms with Crippen molar-refractivity contribution < 1.29 is 14.2 Å². The third-order valence-corrected chi connectivity index (χ3v) is 2.58. The molecule has 0 spiro atoms. The van der Waals surface area contributed by atoms with E-state index in [2.05, 4.69) is 0 Å². The number of methoxy groups -OCH3 is 1. The molecule has 3 nitrogen and oxygen atoms in total. The lowest BCUT2D eigenvalue weighted by atomic mass is 10.2. The zero-order chi connectivity index (χ0) is 12.3. The lowest BCUT2D eigenvalue weighted by Crippen LogP contribution is -1.98. The molecule has 0 aliphatic rings. The number of ether oxygens (including phenoxy) is 1. The van der Waals surface area contributed by atoms with Gasteiger partial charge in [-0.05, 0) is 29.3 Å². The Kier molecular flexibility index (Phi) is 3.44. The normalized spacial score (nSPS) is 10.5. The Bertz CT molecular complexity index is 508. The molecule has 1 aromatic carbocycles. The van der Waals surface area contributed by atoms with Gasteiger partial charge in [-0.1, -0.05) is 6.07 Å². The number of aromatic nitrogens is 1. The van der Waals surface area contributed by atoms with Crippen LogP contribution >= 0.6 is 0 Å². The van der Waals surface area contributed by atoms with Crippen LogP contribution in [-0.2, 0) is 13.2 Å². The van der Waals surface area contributed by atoms with Gasteiger partial charge in [0, 0.05) is 18.9 Å². The summed E-state index contributed by atoms with van der Waals surface area (Å²) in [6, 6.07) is 6.72. The first-order chi connectivity index (χ1) is 8.22. The quantitative estimate of drug-likeness (QED) is 0.881. The molecule has 0 atom stereocenters. The predicted octanol–water partition coefficient (Wildman–Crippen LogP) is 2.18. The van der Waals surface area contributed by atoms with Gasteiger partial charge < -0.3 is 14.4 Å². The number of hydrogen-bond donors (Lipinski definition) is 1. The van der Waals surface area contributed by atoms with Gasteiger partial charge in [-0.2, -0.15) is 0 Å². The summed E-state index contributed by atoms with van der Waals surface area (Å²) in [5.41, 5.74) is 1.70. The fourth-order valence-electron chi connectivity index (χ4n) is 1.70. The van der Waals surface area contributed by atoms with Gasteiger partial charge in [-0.3, -0.25) is 0 Å². The van der Waals surface area contributed by atoms with Gasteiger partial charge in [0.2, 0.25) is 0 Å².